The maximum absolute atomic E-state index is 12.9. The summed E-state index contributed by atoms with van der Waals surface area (Å²) in [5.41, 5.74) is 4.26. The van der Waals surface area contributed by atoms with E-state index in [0.29, 0.717) is 17.4 Å². The minimum Gasteiger partial charge on any atom is -0.497 e. The van der Waals surface area contributed by atoms with Gasteiger partial charge >= 0.3 is 0 Å². The number of anilines is 2. The Kier molecular flexibility index (Phi) is 5.90. The number of likely N-dealkylation sites (N-methyl/N-ethyl adjacent to an activating group) is 1. The molecule has 1 aliphatic rings. The molecule has 3 heterocycles. The number of likely N-dealkylation sites (tertiary alicyclic amines) is 1. The van der Waals surface area contributed by atoms with E-state index >= 15 is 0 Å². The van der Waals surface area contributed by atoms with Crippen LogP contribution in [-0.4, -0.2) is 70.4 Å². The second-order valence-corrected chi connectivity index (χ2v) is 8.70. The molecule has 1 atom stereocenters. The molecule has 8 nitrogen and oxygen atoms in total. The van der Waals surface area contributed by atoms with Crippen LogP contribution in [0.2, 0.25) is 0 Å². The van der Waals surface area contributed by atoms with E-state index in [1.165, 1.54) is 0 Å². The molecule has 34 heavy (non-hydrogen) atoms. The quantitative estimate of drug-likeness (QED) is 0.474. The van der Waals surface area contributed by atoms with Crippen molar-refractivity contribution < 1.29 is 9.53 Å². The van der Waals surface area contributed by atoms with Crippen LogP contribution in [-0.2, 0) is 0 Å². The molecule has 1 saturated heterocycles. The summed E-state index contributed by atoms with van der Waals surface area (Å²) < 4.78 is 7.26. The summed E-state index contributed by atoms with van der Waals surface area (Å²) in [4.78, 5) is 26.1. The highest BCUT2D eigenvalue weighted by Crippen LogP contribution is 2.27. The number of aromatic nitrogens is 3. The lowest BCUT2D eigenvalue weighted by Gasteiger charge is -2.20. The zero-order valence-electron chi connectivity index (χ0n) is 19.6. The Hall–Kier alpha value is -3.91. The Morgan fingerprint density at radius 1 is 1.09 bits per heavy atom. The smallest absolute Gasteiger partial charge is 0.253 e. The molecule has 8 heteroatoms. The third-order valence-electron chi connectivity index (χ3n) is 6.39. The molecule has 5 rings (SSSR count). The molecular weight excluding hydrogens is 428 g/mol. The summed E-state index contributed by atoms with van der Waals surface area (Å²) in [5.74, 6) is 1.54. The highest BCUT2D eigenvalue weighted by Gasteiger charge is 2.28. The van der Waals surface area contributed by atoms with Gasteiger partial charge in [-0.25, -0.2) is 9.97 Å². The largest absolute Gasteiger partial charge is 0.497 e. The molecule has 0 radical (unpaired) electrons. The van der Waals surface area contributed by atoms with E-state index in [4.69, 9.17) is 4.74 Å². The highest BCUT2D eigenvalue weighted by atomic mass is 16.5. The van der Waals surface area contributed by atoms with Gasteiger partial charge in [0.05, 0.1) is 19.0 Å². The number of hydrogen-bond acceptors (Lipinski definition) is 6. The molecule has 2 aromatic carbocycles. The van der Waals surface area contributed by atoms with Crippen LogP contribution in [0.25, 0.3) is 16.9 Å². The van der Waals surface area contributed by atoms with Crippen LogP contribution in [0.4, 0.5) is 11.5 Å². The van der Waals surface area contributed by atoms with Gasteiger partial charge in [-0.05, 0) is 69.0 Å². The number of ether oxygens (including phenoxy) is 1. The van der Waals surface area contributed by atoms with Crippen LogP contribution in [0.15, 0.2) is 67.1 Å². The summed E-state index contributed by atoms with van der Waals surface area (Å²) >= 11 is 0. The fourth-order valence-corrected chi connectivity index (χ4v) is 4.35. The van der Waals surface area contributed by atoms with E-state index in [9.17, 15) is 4.79 Å². The molecule has 0 aliphatic carbocycles. The summed E-state index contributed by atoms with van der Waals surface area (Å²) in [6.07, 6.45) is 6.49. The Morgan fingerprint density at radius 2 is 1.85 bits per heavy atom. The number of amides is 1. The van der Waals surface area contributed by atoms with Gasteiger partial charge in [0, 0.05) is 48.3 Å². The number of carbonyl (C=O) groups excluding carboxylic acids is 1. The molecule has 0 spiro atoms. The molecule has 2 aromatic heterocycles. The zero-order valence-corrected chi connectivity index (χ0v) is 19.6. The van der Waals surface area contributed by atoms with Crippen LogP contribution in [0.1, 0.15) is 16.8 Å². The van der Waals surface area contributed by atoms with Crippen molar-refractivity contribution >= 4 is 23.1 Å². The minimum atomic E-state index is 0.0773. The van der Waals surface area contributed by atoms with E-state index in [-0.39, 0.29) is 5.91 Å². The number of nitrogens with one attached hydrogen (secondary N) is 1. The highest BCUT2D eigenvalue weighted by molar-refractivity contribution is 5.95. The first-order chi connectivity index (χ1) is 16.5. The van der Waals surface area contributed by atoms with E-state index in [2.05, 4.69) is 34.3 Å². The maximum atomic E-state index is 12.9. The summed E-state index contributed by atoms with van der Waals surface area (Å²) in [6, 6.07) is 15.8. The van der Waals surface area contributed by atoms with Gasteiger partial charge in [-0.15, -0.1) is 0 Å². The van der Waals surface area contributed by atoms with Gasteiger partial charge in [0.1, 0.15) is 5.75 Å². The van der Waals surface area contributed by atoms with Crippen LogP contribution < -0.4 is 10.1 Å². The van der Waals surface area contributed by atoms with E-state index < -0.39 is 0 Å². The summed E-state index contributed by atoms with van der Waals surface area (Å²) in [7, 11) is 5.78. The molecule has 1 amide bonds. The molecule has 0 bridgehead atoms. The van der Waals surface area contributed by atoms with E-state index in [1.807, 2.05) is 70.2 Å². The van der Waals surface area contributed by atoms with Crippen molar-refractivity contribution in [1.82, 2.24) is 24.2 Å². The fourth-order valence-electron chi connectivity index (χ4n) is 4.35. The lowest BCUT2D eigenvalue weighted by molar-refractivity contribution is 0.0783. The first-order valence-corrected chi connectivity index (χ1v) is 11.3. The number of carbonyl (C=O) groups is 1. The fraction of sp³-hybridized carbons (Fsp3) is 0.269. The van der Waals surface area contributed by atoms with Crippen molar-refractivity contribution in [2.24, 2.45) is 0 Å². The molecule has 174 valence electrons. The number of fused-ring (bicyclic) bond motifs is 1. The second-order valence-electron chi connectivity index (χ2n) is 8.70. The Balaban J connectivity index is 1.33. The molecule has 1 aliphatic heterocycles. The van der Waals surface area contributed by atoms with Gasteiger partial charge in [0.2, 0.25) is 0 Å². The number of imidazole rings is 1. The van der Waals surface area contributed by atoms with Gasteiger partial charge < -0.3 is 19.9 Å². The predicted octanol–water partition coefficient (Wildman–Crippen LogP) is 3.92. The number of benzene rings is 2. The molecule has 0 saturated carbocycles. The molecule has 1 N–H and O–H groups in total. The van der Waals surface area contributed by atoms with Gasteiger partial charge in [0.15, 0.2) is 11.5 Å². The van der Waals surface area contributed by atoms with Crippen LogP contribution in [0, 0.1) is 0 Å². The number of methoxy groups -OCH3 is 1. The van der Waals surface area contributed by atoms with Crippen molar-refractivity contribution in [2.45, 2.75) is 12.5 Å². The van der Waals surface area contributed by atoms with Crippen molar-refractivity contribution in [3.05, 3.63) is 72.7 Å². The first kappa shape index (κ1) is 21.9. The van der Waals surface area contributed by atoms with Gasteiger partial charge in [-0.1, -0.05) is 0 Å². The standard InChI is InChI=1S/C26H28N6O2/c1-30(2)21-12-14-31(17-21)26(33)19-4-8-20(9-5-19)29-24-25-28-16-23(32(25)15-13-27-24)18-6-10-22(34-3)11-7-18/h4-11,13,15-16,21H,12,14,17H2,1-3H3,(H,27,29). The third-order valence-corrected chi connectivity index (χ3v) is 6.39. The summed E-state index contributed by atoms with van der Waals surface area (Å²) in [6.45, 7) is 1.57. The molecular formula is C26H28N6O2. The van der Waals surface area contributed by atoms with E-state index in [1.54, 1.807) is 13.3 Å². The predicted molar refractivity (Wildman–Crippen MR) is 133 cm³/mol. The average molecular weight is 457 g/mol. The minimum absolute atomic E-state index is 0.0773. The van der Waals surface area contributed by atoms with Crippen molar-refractivity contribution in [1.29, 1.82) is 0 Å². The Morgan fingerprint density at radius 3 is 2.53 bits per heavy atom. The topological polar surface area (TPSA) is 75.0 Å². The van der Waals surface area contributed by atoms with Gasteiger partial charge in [-0.3, -0.25) is 9.20 Å². The van der Waals surface area contributed by atoms with Crippen molar-refractivity contribution in [3.8, 4) is 17.0 Å². The normalized spacial score (nSPS) is 15.8. The van der Waals surface area contributed by atoms with Crippen LogP contribution in [0.5, 0.6) is 5.75 Å². The first-order valence-electron chi connectivity index (χ1n) is 11.3. The average Bonchev–Trinajstić information content (AvgIpc) is 3.53. The number of rotatable bonds is 6. The monoisotopic (exact) mass is 456 g/mol. The lowest BCUT2D eigenvalue weighted by Crippen LogP contribution is -2.34. The molecule has 1 unspecified atom stereocenters. The van der Waals surface area contributed by atoms with Crippen LogP contribution in [0.3, 0.4) is 0 Å². The van der Waals surface area contributed by atoms with Crippen LogP contribution >= 0.6 is 0 Å². The third kappa shape index (κ3) is 4.20. The van der Waals surface area contributed by atoms with Gasteiger partial charge in [0.25, 0.3) is 5.91 Å². The number of hydrogen-bond donors (Lipinski definition) is 1. The molecule has 4 aromatic rings. The SMILES string of the molecule is COc1ccc(-c2cnc3c(Nc4ccc(C(=O)N5CCC(N(C)C)C5)cc4)nccn23)cc1. The number of nitrogens with zero attached hydrogens (tertiary/aromatic N) is 5. The lowest BCUT2D eigenvalue weighted by atomic mass is 10.1. The van der Waals surface area contributed by atoms with Gasteiger partial charge in [-0.2, -0.15) is 0 Å². The van der Waals surface area contributed by atoms with Crippen molar-refractivity contribution in [3.63, 3.8) is 0 Å². The van der Waals surface area contributed by atoms with E-state index in [0.717, 1.165) is 47.9 Å². The Bertz CT molecular complexity index is 1300. The van der Waals surface area contributed by atoms with Crippen molar-refractivity contribution in [2.75, 3.05) is 39.6 Å². The molecule has 1 fully saturated rings. The zero-order chi connectivity index (χ0) is 23.7. The Labute approximate surface area is 198 Å². The maximum Gasteiger partial charge on any atom is 0.253 e. The summed E-state index contributed by atoms with van der Waals surface area (Å²) in [5, 5.41) is 3.34. The second kappa shape index (κ2) is 9.15.